The lowest BCUT2D eigenvalue weighted by molar-refractivity contribution is -0.134. The molecule has 0 radical (unpaired) electrons. The molecule has 0 aliphatic rings. The maximum atomic E-state index is 11.3. The van der Waals surface area contributed by atoms with Crippen LogP contribution in [0.2, 0.25) is 0 Å². The lowest BCUT2D eigenvalue weighted by Crippen LogP contribution is -2.06. The minimum absolute atomic E-state index is 0.294. The highest BCUT2D eigenvalue weighted by atomic mass is 16.5. The van der Waals surface area contributed by atoms with Crippen molar-refractivity contribution in [2.45, 2.75) is 13.3 Å². The third-order valence-corrected chi connectivity index (χ3v) is 2.06. The van der Waals surface area contributed by atoms with Crippen LogP contribution < -0.4 is 10.4 Å². The van der Waals surface area contributed by atoms with Crippen molar-refractivity contribution >= 4 is 16.9 Å². The Bertz CT molecular complexity index is 588. The van der Waals surface area contributed by atoms with E-state index in [2.05, 4.69) is 9.40 Å². The van der Waals surface area contributed by atoms with Gasteiger partial charge in [-0.1, -0.05) is 6.92 Å². The SMILES string of the molecule is CCC(=O)Oc1ccc2c(=O)ocnc2c1. The van der Waals surface area contributed by atoms with Crippen molar-refractivity contribution in [3.8, 4) is 5.75 Å². The summed E-state index contributed by atoms with van der Waals surface area (Å²) in [7, 11) is 0. The lowest BCUT2D eigenvalue weighted by Gasteiger charge is -2.02. The van der Waals surface area contributed by atoms with Gasteiger partial charge in [-0.25, -0.2) is 9.78 Å². The van der Waals surface area contributed by atoms with Crippen LogP contribution in [0.25, 0.3) is 10.9 Å². The van der Waals surface area contributed by atoms with Crippen molar-refractivity contribution in [3.05, 3.63) is 35.0 Å². The van der Waals surface area contributed by atoms with Crippen molar-refractivity contribution in [2.75, 3.05) is 0 Å². The molecule has 0 aliphatic heterocycles. The number of nitrogens with zero attached hydrogens (tertiary/aromatic N) is 1. The van der Waals surface area contributed by atoms with Gasteiger partial charge in [0, 0.05) is 12.5 Å². The molecule has 0 atom stereocenters. The molecule has 0 N–H and O–H groups in total. The van der Waals surface area contributed by atoms with E-state index in [0.717, 1.165) is 6.39 Å². The molecule has 0 aliphatic carbocycles. The Morgan fingerprint density at radius 1 is 1.50 bits per heavy atom. The standard InChI is InChI=1S/C11H9NO4/c1-2-10(13)16-7-3-4-8-9(5-7)12-6-15-11(8)14/h3-6H,2H2,1H3. The molecule has 1 heterocycles. The number of ether oxygens (including phenoxy) is 1. The van der Waals surface area contributed by atoms with E-state index in [0.29, 0.717) is 23.1 Å². The van der Waals surface area contributed by atoms with Crippen LogP contribution in [0.3, 0.4) is 0 Å². The van der Waals surface area contributed by atoms with Gasteiger partial charge in [-0.05, 0) is 12.1 Å². The molecule has 0 unspecified atom stereocenters. The first-order valence-electron chi connectivity index (χ1n) is 4.79. The number of aromatic nitrogens is 1. The highest BCUT2D eigenvalue weighted by Crippen LogP contribution is 2.16. The minimum atomic E-state index is -0.460. The van der Waals surface area contributed by atoms with Crippen molar-refractivity contribution in [2.24, 2.45) is 0 Å². The zero-order valence-electron chi connectivity index (χ0n) is 8.60. The van der Waals surface area contributed by atoms with E-state index in [9.17, 15) is 9.59 Å². The molecule has 0 fully saturated rings. The summed E-state index contributed by atoms with van der Waals surface area (Å²) in [5.41, 5.74) is -0.0176. The van der Waals surface area contributed by atoms with Gasteiger partial charge in [0.2, 0.25) is 0 Å². The van der Waals surface area contributed by atoms with Gasteiger partial charge >= 0.3 is 11.6 Å². The number of carbonyl (C=O) groups is 1. The van der Waals surface area contributed by atoms with Crippen LogP contribution in [0.15, 0.2) is 33.8 Å². The highest BCUT2D eigenvalue weighted by molar-refractivity contribution is 5.80. The molecule has 0 amide bonds. The predicted molar refractivity (Wildman–Crippen MR) is 56.2 cm³/mol. The number of carbonyl (C=O) groups excluding carboxylic acids is 1. The van der Waals surface area contributed by atoms with E-state index in [4.69, 9.17) is 4.74 Å². The molecule has 2 aromatic rings. The Morgan fingerprint density at radius 2 is 2.31 bits per heavy atom. The second-order valence-corrected chi connectivity index (χ2v) is 3.15. The maximum Gasteiger partial charge on any atom is 0.346 e. The molecular weight excluding hydrogens is 210 g/mol. The van der Waals surface area contributed by atoms with E-state index in [1.54, 1.807) is 6.92 Å². The van der Waals surface area contributed by atoms with Crippen LogP contribution in [0.4, 0.5) is 0 Å². The molecule has 0 bridgehead atoms. The predicted octanol–water partition coefficient (Wildman–Crippen LogP) is 1.50. The van der Waals surface area contributed by atoms with E-state index in [1.807, 2.05) is 0 Å². The topological polar surface area (TPSA) is 69.4 Å². The molecule has 0 spiro atoms. The first kappa shape index (κ1) is 10.4. The van der Waals surface area contributed by atoms with Gasteiger partial charge in [0.15, 0.2) is 6.39 Å². The van der Waals surface area contributed by atoms with Gasteiger partial charge in [0.05, 0.1) is 10.9 Å². The first-order valence-corrected chi connectivity index (χ1v) is 4.79. The zero-order chi connectivity index (χ0) is 11.5. The summed E-state index contributed by atoms with van der Waals surface area (Å²) in [6, 6.07) is 4.58. The normalized spacial score (nSPS) is 10.3. The molecule has 5 nitrogen and oxygen atoms in total. The summed E-state index contributed by atoms with van der Waals surface area (Å²) in [6.45, 7) is 1.70. The van der Waals surface area contributed by atoms with Crippen LogP contribution in [0.5, 0.6) is 5.75 Å². The van der Waals surface area contributed by atoms with Crippen LogP contribution >= 0.6 is 0 Å². The molecule has 0 saturated carbocycles. The van der Waals surface area contributed by atoms with Gasteiger partial charge in [0.1, 0.15) is 5.75 Å². The van der Waals surface area contributed by atoms with E-state index in [-0.39, 0.29) is 5.97 Å². The van der Waals surface area contributed by atoms with Crippen molar-refractivity contribution < 1.29 is 13.9 Å². The van der Waals surface area contributed by atoms with Gasteiger partial charge in [0.25, 0.3) is 0 Å². The monoisotopic (exact) mass is 219 g/mol. The Morgan fingerprint density at radius 3 is 3.06 bits per heavy atom. The Balaban J connectivity index is 2.45. The molecule has 82 valence electrons. The highest BCUT2D eigenvalue weighted by Gasteiger charge is 2.05. The summed E-state index contributed by atoms with van der Waals surface area (Å²) in [6.07, 6.45) is 1.36. The van der Waals surface area contributed by atoms with Gasteiger partial charge in [-0.15, -0.1) is 0 Å². The van der Waals surface area contributed by atoms with Crippen LogP contribution in [-0.4, -0.2) is 11.0 Å². The second kappa shape index (κ2) is 4.14. The average Bonchev–Trinajstić information content (AvgIpc) is 2.29. The summed E-state index contributed by atoms with van der Waals surface area (Å²) >= 11 is 0. The summed E-state index contributed by atoms with van der Waals surface area (Å²) in [4.78, 5) is 26.2. The molecule has 1 aromatic carbocycles. The van der Waals surface area contributed by atoms with Crippen molar-refractivity contribution in [1.82, 2.24) is 4.98 Å². The summed E-state index contributed by atoms with van der Waals surface area (Å²) in [5, 5.41) is 0.360. The smallest absolute Gasteiger partial charge is 0.346 e. The van der Waals surface area contributed by atoms with Gasteiger partial charge in [-0.3, -0.25) is 4.79 Å². The molecule has 0 saturated heterocycles. The fourth-order valence-electron chi connectivity index (χ4n) is 1.25. The zero-order valence-corrected chi connectivity index (χ0v) is 8.60. The van der Waals surface area contributed by atoms with Crippen molar-refractivity contribution in [1.29, 1.82) is 0 Å². The number of esters is 1. The van der Waals surface area contributed by atoms with Crippen molar-refractivity contribution in [3.63, 3.8) is 0 Å². The average molecular weight is 219 g/mol. The molecule has 16 heavy (non-hydrogen) atoms. The third-order valence-electron chi connectivity index (χ3n) is 2.06. The summed E-state index contributed by atoms with van der Waals surface area (Å²) < 4.78 is 9.61. The largest absolute Gasteiger partial charge is 0.426 e. The fourth-order valence-corrected chi connectivity index (χ4v) is 1.25. The number of benzene rings is 1. The molecular formula is C11H9NO4. The van der Waals surface area contributed by atoms with Crippen LogP contribution in [0.1, 0.15) is 13.3 Å². The number of hydrogen-bond acceptors (Lipinski definition) is 5. The lowest BCUT2D eigenvalue weighted by atomic mass is 10.2. The quantitative estimate of drug-likeness (QED) is 0.565. The Hall–Kier alpha value is -2.17. The van der Waals surface area contributed by atoms with E-state index >= 15 is 0 Å². The first-order chi connectivity index (χ1) is 7.70. The van der Waals surface area contributed by atoms with E-state index in [1.165, 1.54) is 18.2 Å². The van der Waals surface area contributed by atoms with Crippen LogP contribution in [-0.2, 0) is 4.79 Å². The molecule has 2 rings (SSSR count). The Labute approximate surface area is 90.7 Å². The second-order valence-electron chi connectivity index (χ2n) is 3.15. The molecule has 5 heteroatoms. The number of rotatable bonds is 2. The van der Waals surface area contributed by atoms with Gasteiger partial charge in [-0.2, -0.15) is 0 Å². The van der Waals surface area contributed by atoms with Gasteiger partial charge < -0.3 is 9.15 Å². The number of hydrogen-bond donors (Lipinski definition) is 0. The molecule has 1 aromatic heterocycles. The summed E-state index contributed by atoms with van der Waals surface area (Å²) in [5.74, 6) is 0.0414. The Kier molecular flexibility index (Phi) is 2.68. The minimum Gasteiger partial charge on any atom is -0.426 e. The maximum absolute atomic E-state index is 11.3. The third kappa shape index (κ3) is 1.93. The number of fused-ring (bicyclic) bond motifs is 1. The fraction of sp³-hybridized carbons (Fsp3) is 0.182. The van der Waals surface area contributed by atoms with Crippen LogP contribution in [0, 0.1) is 0 Å². The van der Waals surface area contributed by atoms with E-state index < -0.39 is 5.63 Å².